The van der Waals surface area contributed by atoms with E-state index in [1.54, 1.807) is 6.20 Å². The third-order valence-corrected chi connectivity index (χ3v) is 3.10. The van der Waals surface area contributed by atoms with Gasteiger partial charge in [0, 0.05) is 30.2 Å². The number of hydrogen-bond acceptors (Lipinski definition) is 3. The highest BCUT2D eigenvalue weighted by atomic mass is 16.3. The average Bonchev–Trinajstić information content (AvgIpc) is 3.08. The molecule has 0 aliphatic heterocycles. The molecule has 19 heavy (non-hydrogen) atoms. The summed E-state index contributed by atoms with van der Waals surface area (Å²) in [6, 6.07) is 12.3. The SMILES string of the molecule is Cn1cccc1CNc1cccc(-c2cnco2)c1. The minimum atomic E-state index is 0.780. The lowest BCUT2D eigenvalue weighted by atomic mass is 10.1. The molecular formula is C15H15N3O. The molecule has 0 saturated heterocycles. The van der Waals surface area contributed by atoms with Crippen LogP contribution in [-0.4, -0.2) is 9.55 Å². The van der Waals surface area contributed by atoms with E-state index in [9.17, 15) is 0 Å². The van der Waals surface area contributed by atoms with E-state index in [1.807, 2.05) is 37.5 Å². The molecule has 2 aromatic heterocycles. The van der Waals surface area contributed by atoms with Crippen LogP contribution in [0.2, 0.25) is 0 Å². The first-order chi connectivity index (χ1) is 9.33. The summed E-state index contributed by atoms with van der Waals surface area (Å²) in [6.07, 6.45) is 5.21. The van der Waals surface area contributed by atoms with Crippen LogP contribution in [0.3, 0.4) is 0 Å². The quantitative estimate of drug-likeness (QED) is 0.775. The number of rotatable bonds is 4. The number of benzene rings is 1. The van der Waals surface area contributed by atoms with Crippen molar-refractivity contribution in [2.45, 2.75) is 6.54 Å². The zero-order valence-electron chi connectivity index (χ0n) is 10.7. The number of nitrogens with zero attached hydrogens (tertiary/aromatic N) is 2. The van der Waals surface area contributed by atoms with Crippen LogP contribution >= 0.6 is 0 Å². The lowest BCUT2D eigenvalue weighted by Gasteiger charge is -2.08. The van der Waals surface area contributed by atoms with Gasteiger partial charge in [0.05, 0.1) is 12.7 Å². The molecule has 4 nitrogen and oxygen atoms in total. The molecule has 2 heterocycles. The number of hydrogen-bond donors (Lipinski definition) is 1. The number of nitrogens with one attached hydrogen (secondary N) is 1. The standard InChI is InChI=1S/C15H15N3O/c1-18-7-3-6-14(18)9-17-13-5-2-4-12(8-13)15-10-16-11-19-15/h2-8,10-11,17H,9H2,1H3. The van der Waals surface area contributed by atoms with Crippen LogP contribution in [0.15, 0.2) is 59.6 Å². The minimum absolute atomic E-state index is 0.780. The molecule has 96 valence electrons. The van der Waals surface area contributed by atoms with E-state index in [0.29, 0.717) is 0 Å². The maximum absolute atomic E-state index is 5.30. The normalized spacial score (nSPS) is 10.6. The third-order valence-electron chi connectivity index (χ3n) is 3.10. The topological polar surface area (TPSA) is 43.0 Å². The van der Waals surface area contributed by atoms with Crippen molar-refractivity contribution in [2.24, 2.45) is 7.05 Å². The van der Waals surface area contributed by atoms with Gasteiger partial charge in [-0.3, -0.25) is 0 Å². The molecule has 0 radical (unpaired) electrons. The first-order valence-electron chi connectivity index (χ1n) is 6.16. The van der Waals surface area contributed by atoms with Crippen molar-refractivity contribution in [3.63, 3.8) is 0 Å². The number of aryl methyl sites for hydroxylation is 1. The molecule has 3 aromatic rings. The first kappa shape index (κ1) is 11.6. The van der Waals surface area contributed by atoms with Gasteiger partial charge in [0.1, 0.15) is 0 Å². The van der Waals surface area contributed by atoms with E-state index in [0.717, 1.165) is 23.6 Å². The Morgan fingerprint density at radius 1 is 1.26 bits per heavy atom. The van der Waals surface area contributed by atoms with Crippen LogP contribution in [0.25, 0.3) is 11.3 Å². The fourth-order valence-electron chi connectivity index (χ4n) is 2.01. The second-order valence-corrected chi connectivity index (χ2v) is 4.41. The summed E-state index contributed by atoms with van der Waals surface area (Å²) in [5.41, 5.74) is 3.33. The lowest BCUT2D eigenvalue weighted by Crippen LogP contribution is -2.03. The van der Waals surface area contributed by atoms with Gasteiger partial charge in [-0.2, -0.15) is 0 Å². The Morgan fingerprint density at radius 2 is 2.21 bits per heavy atom. The van der Waals surface area contributed by atoms with E-state index in [1.165, 1.54) is 12.1 Å². The molecule has 0 amide bonds. The van der Waals surface area contributed by atoms with Crippen LogP contribution in [0.4, 0.5) is 5.69 Å². The van der Waals surface area contributed by atoms with Crippen LogP contribution in [0, 0.1) is 0 Å². The van der Waals surface area contributed by atoms with Gasteiger partial charge in [-0.05, 0) is 24.3 Å². The number of anilines is 1. The molecule has 0 unspecified atom stereocenters. The first-order valence-corrected chi connectivity index (χ1v) is 6.16. The highest BCUT2D eigenvalue weighted by Crippen LogP contribution is 2.22. The molecule has 1 aromatic carbocycles. The van der Waals surface area contributed by atoms with Crippen molar-refractivity contribution < 1.29 is 4.42 Å². The maximum Gasteiger partial charge on any atom is 0.181 e. The Kier molecular flexibility index (Phi) is 3.06. The van der Waals surface area contributed by atoms with E-state index < -0.39 is 0 Å². The van der Waals surface area contributed by atoms with Crippen molar-refractivity contribution in [1.29, 1.82) is 0 Å². The molecule has 0 fully saturated rings. The molecule has 0 spiro atoms. The van der Waals surface area contributed by atoms with Gasteiger partial charge in [-0.25, -0.2) is 4.98 Å². The van der Waals surface area contributed by atoms with Crippen molar-refractivity contribution in [3.05, 3.63) is 60.9 Å². The predicted octanol–water partition coefficient (Wildman–Crippen LogP) is 3.29. The maximum atomic E-state index is 5.30. The Labute approximate surface area is 111 Å². The zero-order chi connectivity index (χ0) is 13.1. The van der Waals surface area contributed by atoms with E-state index in [4.69, 9.17) is 4.42 Å². The zero-order valence-corrected chi connectivity index (χ0v) is 10.7. The van der Waals surface area contributed by atoms with Gasteiger partial charge < -0.3 is 14.3 Å². The number of oxazole rings is 1. The highest BCUT2D eigenvalue weighted by molar-refractivity contribution is 5.63. The molecule has 0 bridgehead atoms. The van der Waals surface area contributed by atoms with Crippen LogP contribution in [-0.2, 0) is 13.6 Å². The largest absolute Gasteiger partial charge is 0.444 e. The summed E-state index contributed by atoms with van der Waals surface area (Å²) in [5, 5.41) is 3.41. The van der Waals surface area contributed by atoms with E-state index >= 15 is 0 Å². The van der Waals surface area contributed by atoms with Crippen LogP contribution in [0.1, 0.15) is 5.69 Å². The molecular weight excluding hydrogens is 238 g/mol. The molecule has 1 N–H and O–H groups in total. The smallest absolute Gasteiger partial charge is 0.181 e. The molecule has 0 saturated carbocycles. The Morgan fingerprint density at radius 3 is 2.95 bits per heavy atom. The summed E-state index contributed by atoms with van der Waals surface area (Å²) >= 11 is 0. The Balaban J connectivity index is 1.75. The van der Waals surface area contributed by atoms with Crippen molar-refractivity contribution >= 4 is 5.69 Å². The summed E-state index contributed by atoms with van der Waals surface area (Å²) in [6.45, 7) is 0.795. The van der Waals surface area contributed by atoms with Crippen LogP contribution < -0.4 is 5.32 Å². The second-order valence-electron chi connectivity index (χ2n) is 4.41. The van der Waals surface area contributed by atoms with Crippen molar-refractivity contribution in [3.8, 4) is 11.3 Å². The minimum Gasteiger partial charge on any atom is -0.444 e. The molecule has 0 atom stereocenters. The molecule has 3 rings (SSSR count). The monoisotopic (exact) mass is 253 g/mol. The fraction of sp³-hybridized carbons (Fsp3) is 0.133. The van der Waals surface area contributed by atoms with Gasteiger partial charge in [0.15, 0.2) is 12.2 Å². The van der Waals surface area contributed by atoms with Crippen molar-refractivity contribution in [1.82, 2.24) is 9.55 Å². The van der Waals surface area contributed by atoms with Gasteiger partial charge in [-0.15, -0.1) is 0 Å². The Hall–Kier alpha value is -2.49. The molecule has 0 aliphatic carbocycles. The van der Waals surface area contributed by atoms with E-state index in [-0.39, 0.29) is 0 Å². The highest BCUT2D eigenvalue weighted by Gasteiger charge is 2.03. The average molecular weight is 253 g/mol. The summed E-state index contributed by atoms with van der Waals surface area (Å²) < 4.78 is 7.41. The van der Waals surface area contributed by atoms with Gasteiger partial charge in [0.25, 0.3) is 0 Å². The van der Waals surface area contributed by atoms with Crippen molar-refractivity contribution in [2.75, 3.05) is 5.32 Å². The lowest BCUT2D eigenvalue weighted by molar-refractivity contribution is 0.572. The molecule has 0 aliphatic rings. The van der Waals surface area contributed by atoms with Crippen LogP contribution in [0.5, 0.6) is 0 Å². The Bertz CT molecular complexity index is 656. The summed E-state index contributed by atoms with van der Waals surface area (Å²) in [7, 11) is 2.04. The third kappa shape index (κ3) is 2.52. The van der Waals surface area contributed by atoms with Gasteiger partial charge in [0.2, 0.25) is 0 Å². The van der Waals surface area contributed by atoms with Gasteiger partial charge >= 0.3 is 0 Å². The predicted molar refractivity (Wildman–Crippen MR) is 74.7 cm³/mol. The molecule has 4 heteroatoms. The van der Waals surface area contributed by atoms with E-state index in [2.05, 4.69) is 27.0 Å². The second kappa shape index (κ2) is 5.02. The summed E-state index contributed by atoms with van der Waals surface area (Å²) in [5.74, 6) is 0.780. The summed E-state index contributed by atoms with van der Waals surface area (Å²) in [4.78, 5) is 3.94. The fourth-order valence-corrected chi connectivity index (χ4v) is 2.01. The number of aromatic nitrogens is 2. The van der Waals surface area contributed by atoms with Gasteiger partial charge in [-0.1, -0.05) is 12.1 Å².